The van der Waals surface area contributed by atoms with Crippen LogP contribution in [0.15, 0.2) is 59.1 Å². The van der Waals surface area contributed by atoms with Gasteiger partial charge in [0, 0.05) is 30.4 Å². The van der Waals surface area contributed by atoms with E-state index in [9.17, 15) is 4.79 Å². The van der Waals surface area contributed by atoms with Crippen LogP contribution in [0, 0.1) is 6.92 Å². The largest absolute Gasteiger partial charge is 0.497 e. The Morgan fingerprint density at radius 3 is 3.03 bits per heavy atom. The topological polar surface area (TPSA) is 71.4 Å². The van der Waals surface area contributed by atoms with E-state index in [2.05, 4.69) is 29.0 Å². The third-order valence-corrected chi connectivity index (χ3v) is 6.15. The van der Waals surface area contributed by atoms with Crippen LogP contribution in [0.1, 0.15) is 52.0 Å². The van der Waals surface area contributed by atoms with Gasteiger partial charge in [-0.2, -0.15) is 0 Å². The number of nitrogens with one attached hydrogen (secondary N) is 1. The molecule has 6 nitrogen and oxygen atoms in total. The van der Waals surface area contributed by atoms with Crippen molar-refractivity contribution in [2.75, 3.05) is 20.2 Å². The molecule has 6 heteroatoms. The van der Waals surface area contributed by atoms with Crippen molar-refractivity contribution in [3.05, 3.63) is 83.2 Å². The number of nitrogens with zero attached hydrogens (tertiary/aromatic N) is 2. The van der Waals surface area contributed by atoms with Gasteiger partial charge in [0.15, 0.2) is 5.89 Å². The summed E-state index contributed by atoms with van der Waals surface area (Å²) in [4.78, 5) is 22.9. The van der Waals surface area contributed by atoms with Gasteiger partial charge in [0.25, 0.3) is 5.91 Å². The number of carbonyl (C=O) groups excluding carboxylic acids is 1. The number of carbonyl (C=O) groups is 1. The molecular weight excluding hydrogens is 402 g/mol. The molecule has 4 aromatic rings. The fourth-order valence-electron chi connectivity index (χ4n) is 4.47. The molecule has 5 rings (SSSR count). The Balaban J connectivity index is 1.28. The van der Waals surface area contributed by atoms with Crippen molar-refractivity contribution in [3.8, 4) is 5.75 Å². The first-order valence-corrected chi connectivity index (χ1v) is 11.1. The number of aryl methyl sites for hydroxylation is 1. The molecule has 0 saturated carbocycles. The van der Waals surface area contributed by atoms with E-state index in [1.54, 1.807) is 13.3 Å². The molecule has 2 aromatic carbocycles. The van der Waals surface area contributed by atoms with Gasteiger partial charge in [-0.25, -0.2) is 4.98 Å². The summed E-state index contributed by atoms with van der Waals surface area (Å²) < 4.78 is 11.4. The first-order valence-electron chi connectivity index (χ1n) is 11.1. The molecular formula is C26H27N3O3. The number of benzene rings is 2. The zero-order chi connectivity index (χ0) is 22.1. The molecule has 1 N–H and O–H groups in total. The Labute approximate surface area is 187 Å². The maximum absolute atomic E-state index is 13.2. The number of piperidine rings is 1. The summed E-state index contributed by atoms with van der Waals surface area (Å²) in [5.41, 5.74) is 3.92. The molecule has 1 amide bonds. The van der Waals surface area contributed by atoms with Gasteiger partial charge < -0.3 is 19.0 Å². The number of amides is 1. The number of likely N-dealkylation sites (tertiary alicyclic amines) is 1. The van der Waals surface area contributed by atoms with Gasteiger partial charge in [-0.1, -0.05) is 24.3 Å². The molecule has 1 aliphatic heterocycles. The number of oxazole rings is 1. The summed E-state index contributed by atoms with van der Waals surface area (Å²) in [5, 5.41) is 1.06. The van der Waals surface area contributed by atoms with Crippen molar-refractivity contribution in [1.29, 1.82) is 0 Å². The first kappa shape index (κ1) is 20.4. The van der Waals surface area contributed by atoms with Crippen molar-refractivity contribution in [3.63, 3.8) is 0 Å². The van der Waals surface area contributed by atoms with Crippen LogP contribution in [0.2, 0.25) is 0 Å². The van der Waals surface area contributed by atoms with Crippen molar-refractivity contribution in [2.45, 2.75) is 32.1 Å². The molecule has 2 aromatic heterocycles. The average Bonchev–Trinajstić information content (AvgIpc) is 3.45. The number of aromatic amines is 1. The van der Waals surface area contributed by atoms with Crippen molar-refractivity contribution in [1.82, 2.24) is 14.9 Å². The van der Waals surface area contributed by atoms with Crippen LogP contribution in [0.4, 0.5) is 0 Å². The number of aromatic nitrogens is 2. The second-order valence-electron chi connectivity index (χ2n) is 8.56. The summed E-state index contributed by atoms with van der Waals surface area (Å²) in [5.74, 6) is 2.51. The van der Waals surface area contributed by atoms with E-state index in [1.165, 1.54) is 5.56 Å². The minimum Gasteiger partial charge on any atom is -0.497 e. The van der Waals surface area contributed by atoms with Crippen LogP contribution in [-0.2, 0) is 6.42 Å². The zero-order valence-corrected chi connectivity index (χ0v) is 18.4. The highest BCUT2D eigenvalue weighted by atomic mass is 16.5. The van der Waals surface area contributed by atoms with E-state index in [0.717, 1.165) is 47.4 Å². The maximum Gasteiger partial charge on any atom is 0.270 e. The Hall–Kier alpha value is -3.54. The molecule has 3 heterocycles. The molecule has 0 aliphatic carbocycles. The highest BCUT2D eigenvalue weighted by molar-refractivity contribution is 5.98. The molecule has 32 heavy (non-hydrogen) atoms. The molecule has 0 radical (unpaired) electrons. The van der Waals surface area contributed by atoms with Gasteiger partial charge in [0.05, 0.1) is 19.2 Å². The monoisotopic (exact) mass is 429 g/mol. The van der Waals surface area contributed by atoms with E-state index < -0.39 is 0 Å². The Bertz CT molecular complexity index is 1260. The molecule has 1 fully saturated rings. The summed E-state index contributed by atoms with van der Waals surface area (Å²) in [7, 11) is 1.67. The highest BCUT2D eigenvalue weighted by Gasteiger charge is 2.29. The molecule has 0 unspecified atom stereocenters. The van der Waals surface area contributed by atoms with E-state index in [1.807, 2.05) is 41.3 Å². The van der Waals surface area contributed by atoms with Crippen molar-refractivity contribution >= 4 is 16.8 Å². The number of ether oxygens (including phenoxy) is 1. The number of fused-ring (bicyclic) bond motifs is 1. The Morgan fingerprint density at radius 2 is 2.16 bits per heavy atom. The summed E-state index contributed by atoms with van der Waals surface area (Å²) >= 11 is 0. The minimum absolute atomic E-state index is 0.0340. The molecule has 1 atom stereocenters. The van der Waals surface area contributed by atoms with Crippen LogP contribution >= 0.6 is 0 Å². The third-order valence-electron chi connectivity index (χ3n) is 6.15. The highest BCUT2D eigenvalue weighted by Crippen LogP contribution is 2.29. The van der Waals surface area contributed by atoms with Crippen LogP contribution in [0.25, 0.3) is 10.9 Å². The summed E-state index contributed by atoms with van der Waals surface area (Å²) in [6.45, 7) is 3.42. The lowest BCUT2D eigenvalue weighted by Gasteiger charge is -2.31. The molecule has 1 saturated heterocycles. The predicted octanol–water partition coefficient (Wildman–Crippen LogP) is 5.08. The van der Waals surface area contributed by atoms with Gasteiger partial charge in [0.1, 0.15) is 17.2 Å². The Morgan fingerprint density at radius 1 is 1.25 bits per heavy atom. The van der Waals surface area contributed by atoms with Crippen molar-refractivity contribution < 1.29 is 13.9 Å². The normalized spacial score (nSPS) is 16.4. The number of hydrogen-bond donors (Lipinski definition) is 1. The van der Waals surface area contributed by atoms with E-state index >= 15 is 0 Å². The lowest BCUT2D eigenvalue weighted by atomic mass is 9.97. The second-order valence-corrected chi connectivity index (χ2v) is 8.56. The smallest absolute Gasteiger partial charge is 0.270 e. The standard InChI is InChI=1S/C26H27N3O3/c1-17-8-9-19-14-24(28-23(19)11-17)26(30)29-10-4-6-20(16-29)25-27-15-22(32-25)13-18-5-3-7-21(12-18)31-2/h3,5,7-9,11-12,14-15,20,28H,4,6,10,13,16H2,1-2H3/t20-/m0/s1. The van der Waals surface area contributed by atoms with Gasteiger partial charge in [-0.05, 0) is 55.2 Å². The average molecular weight is 430 g/mol. The fraction of sp³-hybridized carbons (Fsp3) is 0.308. The molecule has 0 spiro atoms. The number of rotatable bonds is 5. The number of hydrogen-bond acceptors (Lipinski definition) is 4. The van der Waals surface area contributed by atoms with E-state index in [-0.39, 0.29) is 11.8 Å². The zero-order valence-electron chi connectivity index (χ0n) is 18.4. The minimum atomic E-state index is 0.0340. The van der Waals surface area contributed by atoms with Gasteiger partial charge >= 0.3 is 0 Å². The lowest BCUT2D eigenvalue weighted by Crippen LogP contribution is -2.39. The second kappa shape index (κ2) is 8.54. The van der Waals surface area contributed by atoms with Crippen molar-refractivity contribution in [2.24, 2.45) is 0 Å². The summed E-state index contributed by atoms with van der Waals surface area (Å²) in [6, 6.07) is 16.1. The molecule has 0 bridgehead atoms. The first-order chi connectivity index (χ1) is 15.6. The van der Waals surface area contributed by atoms with Gasteiger partial charge in [-0.15, -0.1) is 0 Å². The molecule has 164 valence electrons. The predicted molar refractivity (Wildman–Crippen MR) is 123 cm³/mol. The quantitative estimate of drug-likeness (QED) is 0.480. The SMILES string of the molecule is COc1cccc(Cc2cnc([C@H]3CCCN(C(=O)c4cc5ccc(C)cc5[nH]4)C3)o2)c1. The van der Waals surface area contributed by atoms with E-state index in [4.69, 9.17) is 9.15 Å². The fourth-order valence-corrected chi connectivity index (χ4v) is 4.47. The lowest BCUT2D eigenvalue weighted by molar-refractivity contribution is 0.0693. The van der Waals surface area contributed by atoms with Crippen LogP contribution in [-0.4, -0.2) is 41.0 Å². The van der Waals surface area contributed by atoms with Crippen LogP contribution < -0.4 is 4.74 Å². The third kappa shape index (κ3) is 4.13. The van der Waals surface area contributed by atoms with E-state index in [0.29, 0.717) is 24.6 Å². The van der Waals surface area contributed by atoms with Crippen LogP contribution in [0.5, 0.6) is 5.75 Å². The van der Waals surface area contributed by atoms with Crippen LogP contribution in [0.3, 0.4) is 0 Å². The summed E-state index contributed by atoms with van der Waals surface area (Å²) in [6.07, 6.45) is 4.36. The van der Waals surface area contributed by atoms with Gasteiger partial charge in [-0.3, -0.25) is 4.79 Å². The number of H-pyrrole nitrogens is 1. The maximum atomic E-state index is 13.2. The Kier molecular flexibility index (Phi) is 5.43. The van der Waals surface area contributed by atoms with Gasteiger partial charge in [0.2, 0.25) is 0 Å². The number of methoxy groups -OCH3 is 1. The molecule has 1 aliphatic rings.